The minimum Gasteiger partial charge on any atom is -0.325 e. The lowest BCUT2D eigenvalue weighted by molar-refractivity contribution is -0.123. The summed E-state index contributed by atoms with van der Waals surface area (Å²) < 4.78 is 0. The Bertz CT molecular complexity index is 554. The van der Waals surface area contributed by atoms with Crippen LogP contribution >= 0.6 is 0 Å². The van der Waals surface area contributed by atoms with E-state index >= 15 is 0 Å². The third-order valence-electron chi connectivity index (χ3n) is 5.51. The van der Waals surface area contributed by atoms with Crippen molar-refractivity contribution in [2.24, 2.45) is 5.92 Å². The standard InChI is InChI=1S/C17H22N2O/c1-11-3-5-14(18-10-11)12-4-6-15-13(9-12)17(7-2-8-17)16(20)19-15/h4,6,9,11,14,18H,2-3,5,7-8,10H2,1H3,(H,19,20). The van der Waals surface area contributed by atoms with E-state index in [1.54, 1.807) is 0 Å². The first-order valence-electron chi connectivity index (χ1n) is 7.88. The summed E-state index contributed by atoms with van der Waals surface area (Å²) in [4.78, 5) is 12.2. The van der Waals surface area contributed by atoms with Gasteiger partial charge in [-0.3, -0.25) is 4.79 Å². The van der Waals surface area contributed by atoms with Crippen LogP contribution in [0.4, 0.5) is 5.69 Å². The number of hydrogen-bond donors (Lipinski definition) is 2. The van der Waals surface area contributed by atoms with Crippen LogP contribution in [0.5, 0.6) is 0 Å². The van der Waals surface area contributed by atoms with Crippen molar-refractivity contribution in [3.05, 3.63) is 29.3 Å². The van der Waals surface area contributed by atoms with E-state index in [2.05, 4.69) is 35.8 Å². The van der Waals surface area contributed by atoms with Gasteiger partial charge >= 0.3 is 0 Å². The van der Waals surface area contributed by atoms with Crippen LogP contribution < -0.4 is 10.6 Å². The lowest BCUT2D eigenvalue weighted by Crippen LogP contribution is -2.41. The maximum atomic E-state index is 12.2. The van der Waals surface area contributed by atoms with Crippen LogP contribution in [0.3, 0.4) is 0 Å². The van der Waals surface area contributed by atoms with E-state index in [9.17, 15) is 4.79 Å². The molecule has 1 spiro atoms. The van der Waals surface area contributed by atoms with Crippen LogP contribution in [0.25, 0.3) is 0 Å². The summed E-state index contributed by atoms with van der Waals surface area (Å²) in [7, 11) is 0. The maximum absolute atomic E-state index is 12.2. The number of nitrogens with one attached hydrogen (secondary N) is 2. The summed E-state index contributed by atoms with van der Waals surface area (Å²) in [5.41, 5.74) is 3.47. The van der Waals surface area contributed by atoms with Crippen LogP contribution in [-0.2, 0) is 10.2 Å². The molecule has 0 aromatic heterocycles. The zero-order valence-corrected chi connectivity index (χ0v) is 12.0. The first-order chi connectivity index (χ1) is 9.69. The van der Waals surface area contributed by atoms with Gasteiger partial charge in [0.05, 0.1) is 5.41 Å². The van der Waals surface area contributed by atoms with Gasteiger partial charge in [0.15, 0.2) is 0 Å². The van der Waals surface area contributed by atoms with Gasteiger partial charge in [0.1, 0.15) is 0 Å². The van der Waals surface area contributed by atoms with Crippen LogP contribution in [0.15, 0.2) is 18.2 Å². The van der Waals surface area contributed by atoms with Crippen molar-refractivity contribution in [2.75, 3.05) is 11.9 Å². The zero-order valence-electron chi connectivity index (χ0n) is 12.0. The van der Waals surface area contributed by atoms with E-state index < -0.39 is 0 Å². The maximum Gasteiger partial charge on any atom is 0.235 e. The predicted molar refractivity (Wildman–Crippen MR) is 79.7 cm³/mol. The number of piperidine rings is 1. The number of fused-ring (bicyclic) bond motifs is 2. The van der Waals surface area contributed by atoms with Crippen molar-refractivity contribution < 1.29 is 4.79 Å². The Labute approximate surface area is 120 Å². The highest BCUT2D eigenvalue weighted by molar-refractivity contribution is 6.06. The van der Waals surface area contributed by atoms with Gasteiger partial charge in [-0.2, -0.15) is 0 Å². The minimum absolute atomic E-state index is 0.187. The summed E-state index contributed by atoms with van der Waals surface area (Å²) in [6.07, 6.45) is 5.70. The Morgan fingerprint density at radius 3 is 2.75 bits per heavy atom. The number of benzene rings is 1. The lowest BCUT2D eigenvalue weighted by Gasteiger charge is -2.36. The third kappa shape index (κ3) is 1.65. The summed E-state index contributed by atoms with van der Waals surface area (Å²) in [5.74, 6) is 1.00. The van der Waals surface area contributed by atoms with Crippen LogP contribution in [0.2, 0.25) is 0 Å². The van der Waals surface area contributed by atoms with Crippen molar-refractivity contribution in [1.29, 1.82) is 0 Å². The summed E-state index contributed by atoms with van der Waals surface area (Å²) in [5, 5.41) is 6.71. The quantitative estimate of drug-likeness (QED) is 0.823. The Balaban J connectivity index is 1.66. The highest BCUT2D eigenvalue weighted by Crippen LogP contribution is 2.51. The van der Waals surface area contributed by atoms with E-state index in [1.807, 2.05) is 0 Å². The zero-order chi connectivity index (χ0) is 13.7. The first-order valence-corrected chi connectivity index (χ1v) is 7.88. The molecule has 1 saturated carbocycles. The molecule has 20 heavy (non-hydrogen) atoms. The molecule has 3 nitrogen and oxygen atoms in total. The highest BCUT2D eigenvalue weighted by atomic mass is 16.2. The van der Waals surface area contributed by atoms with Gasteiger partial charge in [0.25, 0.3) is 0 Å². The minimum atomic E-state index is -0.187. The molecule has 4 rings (SSSR count). The molecule has 2 heterocycles. The fourth-order valence-electron chi connectivity index (χ4n) is 3.96. The molecular weight excluding hydrogens is 248 g/mol. The number of anilines is 1. The molecule has 2 N–H and O–H groups in total. The largest absolute Gasteiger partial charge is 0.325 e. The molecule has 1 amide bonds. The van der Waals surface area contributed by atoms with Crippen molar-refractivity contribution in [1.82, 2.24) is 5.32 Å². The molecule has 2 fully saturated rings. The number of carbonyl (C=O) groups is 1. The third-order valence-corrected chi connectivity index (χ3v) is 5.51. The van der Waals surface area contributed by atoms with E-state index in [4.69, 9.17) is 0 Å². The number of carbonyl (C=O) groups excluding carboxylic acids is 1. The smallest absolute Gasteiger partial charge is 0.235 e. The summed E-state index contributed by atoms with van der Waals surface area (Å²) in [6.45, 7) is 3.40. The molecule has 0 bridgehead atoms. The van der Waals surface area contributed by atoms with E-state index in [0.29, 0.717) is 6.04 Å². The lowest BCUT2D eigenvalue weighted by atomic mass is 9.65. The molecule has 1 aliphatic carbocycles. The molecule has 106 valence electrons. The topological polar surface area (TPSA) is 41.1 Å². The molecule has 2 unspecified atom stereocenters. The second-order valence-corrected chi connectivity index (χ2v) is 6.84. The normalized spacial score (nSPS) is 30.8. The van der Waals surface area contributed by atoms with Gasteiger partial charge in [0.2, 0.25) is 5.91 Å². The molecule has 1 aromatic rings. The van der Waals surface area contributed by atoms with Crippen LogP contribution in [-0.4, -0.2) is 12.5 Å². The Hall–Kier alpha value is -1.35. The fourth-order valence-corrected chi connectivity index (χ4v) is 3.96. The second kappa shape index (κ2) is 4.32. The SMILES string of the molecule is CC1CCC(c2ccc3c(c2)C2(CCC2)C(=O)N3)NC1. The van der Waals surface area contributed by atoms with E-state index in [0.717, 1.165) is 31.0 Å². The number of amides is 1. The van der Waals surface area contributed by atoms with Crippen molar-refractivity contribution in [3.63, 3.8) is 0 Å². The van der Waals surface area contributed by atoms with E-state index in [-0.39, 0.29) is 11.3 Å². The monoisotopic (exact) mass is 270 g/mol. The van der Waals surface area contributed by atoms with Crippen molar-refractivity contribution in [2.45, 2.75) is 50.5 Å². The summed E-state index contributed by atoms with van der Waals surface area (Å²) >= 11 is 0. The molecule has 3 aliphatic rings. The molecule has 1 saturated heterocycles. The Morgan fingerprint density at radius 1 is 1.25 bits per heavy atom. The van der Waals surface area contributed by atoms with Crippen LogP contribution in [0, 0.1) is 5.92 Å². The fraction of sp³-hybridized carbons (Fsp3) is 0.588. The van der Waals surface area contributed by atoms with Crippen LogP contribution in [0.1, 0.15) is 56.2 Å². The van der Waals surface area contributed by atoms with Crippen molar-refractivity contribution >= 4 is 11.6 Å². The molecule has 2 aliphatic heterocycles. The predicted octanol–water partition coefficient (Wildman–Crippen LogP) is 3.12. The molecule has 1 aromatic carbocycles. The second-order valence-electron chi connectivity index (χ2n) is 6.84. The highest BCUT2D eigenvalue weighted by Gasteiger charge is 2.51. The molecule has 0 radical (unpaired) electrons. The van der Waals surface area contributed by atoms with Gasteiger partial charge in [0, 0.05) is 11.7 Å². The van der Waals surface area contributed by atoms with Gasteiger partial charge in [-0.1, -0.05) is 25.5 Å². The Morgan fingerprint density at radius 2 is 2.10 bits per heavy atom. The Kier molecular flexibility index (Phi) is 2.68. The average molecular weight is 270 g/mol. The van der Waals surface area contributed by atoms with Crippen molar-refractivity contribution in [3.8, 4) is 0 Å². The molecule has 3 heteroatoms. The van der Waals surface area contributed by atoms with Gasteiger partial charge in [-0.15, -0.1) is 0 Å². The molecule has 2 atom stereocenters. The van der Waals surface area contributed by atoms with E-state index in [1.165, 1.54) is 30.4 Å². The van der Waals surface area contributed by atoms with Gasteiger partial charge in [-0.05, 0) is 55.3 Å². The van der Waals surface area contributed by atoms with Gasteiger partial charge < -0.3 is 10.6 Å². The average Bonchev–Trinajstić information content (AvgIpc) is 2.70. The summed E-state index contributed by atoms with van der Waals surface area (Å²) in [6, 6.07) is 7.05. The number of rotatable bonds is 1. The van der Waals surface area contributed by atoms with Gasteiger partial charge in [-0.25, -0.2) is 0 Å². The molecular formula is C17H22N2O. The number of hydrogen-bond acceptors (Lipinski definition) is 2. The first kappa shape index (κ1) is 12.4.